The van der Waals surface area contributed by atoms with Gasteiger partial charge in [0.2, 0.25) is 0 Å². The number of hydrazine groups is 1. The molecule has 4 unspecified atom stereocenters. The van der Waals surface area contributed by atoms with E-state index in [2.05, 4.69) is 19.3 Å². The van der Waals surface area contributed by atoms with Gasteiger partial charge in [-0.3, -0.25) is 11.3 Å². The zero-order valence-electron chi connectivity index (χ0n) is 11.9. The zero-order valence-corrected chi connectivity index (χ0v) is 11.9. The van der Waals surface area contributed by atoms with Gasteiger partial charge in [0.05, 0.1) is 0 Å². The second kappa shape index (κ2) is 6.49. The summed E-state index contributed by atoms with van der Waals surface area (Å²) >= 11 is 0. The van der Waals surface area contributed by atoms with Crippen molar-refractivity contribution in [2.75, 3.05) is 0 Å². The normalized spacial score (nSPS) is 29.2. The highest BCUT2D eigenvalue weighted by Crippen LogP contribution is 2.35. The highest BCUT2D eigenvalue weighted by atomic mass is 19.1. The van der Waals surface area contributed by atoms with Crippen molar-refractivity contribution in [3.05, 3.63) is 35.6 Å². The van der Waals surface area contributed by atoms with Crippen LogP contribution in [0.25, 0.3) is 0 Å². The van der Waals surface area contributed by atoms with E-state index in [1.54, 1.807) is 6.07 Å². The molecule has 1 aliphatic carbocycles. The van der Waals surface area contributed by atoms with Gasteiger partial charge in [-0.05, 0) is 48.6 Å². The van der Waals surface area contributed by atoms with Crippen LogP contribution >= 0.6 is 0 Å². The zero-order chi connectivity index (χ0) is 13.8. The average molecular weight is 264 g/mol. The van der Waals surface area contributed by atoms with Crippen molar-refractivity contribution in [3.8, 4) is 0 Å². The molecular formula is C16H25FN2. The average Bonchev–Trinajstić information content (AvgIpc) is 2.41. The van der Waals surface area contributed by atoms with Crippen LogP contribution in [0.5, 0.6) is 0 Å². The van der Waals surface area contributed by atoms with Gasteiger partial charge >= 0.3 is 0 Å². The lowest BCUT2D eigenvalue weighted by atomic mass is 9.72. The Balaban J connectivity index is 2.02. The second-order valence-corrected chi connectivity index (χ2v) is 6.10. The molecule has 3 N–H and O–H groups in total. The third-order valence-electron chi connectivity index (χ3n) is 4.82. The molecule has 0 amide bonds. The van der Waals surface area contributed by atoms with Crippen molar-refractivity contribution >= 4 is 0 Å². The van der Waals surface area contributed by atoms with E-state index >= 15 is 0 Å². The van der Waals surface area contributed by atoms with Crippen molar-refractivity contribution in [2.45, 2.75) is 45.6 Å². The molecule has 1 saturated carbocycles. The van der Waals surface area contributed by atoms with Gasteiger partial charge in [-0.15, -0.1) is 0 Å². The Bertz CT molecular complexity index is 407. The third-order valence-corrected chi connectivity index (χ3v) is 4.82. The van der Waals surface area contributed by atoms with E-state index in [9.17, 15) is 4.39 Å². The summed E-state index contributed by atoms with van der Waals surface area (Å²) in [7, 11) is 0. The Morgan fingerprint density at radius 1 is 1.26 bits per heavy atom. The van der Waals surface area contributed by atoms with E-state index in [-0.39, 0.29) is 11.9 Å². The first-order valence-electron chi connectivity index (χ1n) is 7.31. The van der Waals surface area contributed by atoms with Gasteiger partial charge in [-0.2, -0.15) is 0 Å². The molecule has 19 heavy (non-hydrogen) atoms. The lowest BCUT2D eigenvalue weighted by molar-refractivity contribution is 0.170. The summed E-state index contributed by atoms with van der Waals surface area (Å²) in [6.07, 6.45) is 4.30. The minimum absolute atomic E-state index is 0.125. The predicted octanol–water partition coefficient (Wildman–Crippen LogP) is 3.27. The van der Waals surface area contributed by atoms with E-state index in [1.165, 1.54) is 25.3 Å². The molecule has 2 rings (SSSR count). The molecule has 2 nitrogen and oxygen atoms in total. The molecule has 3 heteroatoms. The van der Waals surface area contributed by atoms with Crippen molar-refractivity contribution in [2.24, 2.45) is 23.6 Å². The van der Waals surface area contributed by atoms with E-state index in [4.69, 9.17) is 5.84 Å². The Morgan fingerprint density at radius 3 is 2.63 bits per heavy atom. The maximum absolute atomic E-state index is 13.7. The first-order valence-corrected chi connectivity index (χ1v) is 7.31. The maximum atomic E-state index is 13.7. The topological polar surface area (TPSA) is 38.0 Å². The van der Waals surface area contributed by atoms with Gasteiger partial charge < -0.3 is 0 Å². The highest BCUT2D eigenvalue weighted by Gasteiger charge is 2.30. The largest absolute Gasteiger partial charge is 0.271 e. The van der Waals surface area contributed by atoms with E-state index < -0.39 is 0 Å². The number of halogens is 1. The van der Waals surface area contributed by atoms with Gasteiger partial charge in [-0.1, -0.05) is 38.5 Å². The number of benzene rings is 1. The first-order chi connectivity index (χ1) is 9.11. The number of rotatable bonds is 4. The van der Waals surface area contributed by atoms with Crippen LogP contribution in [0.15, 0.2) is 24.3 Å². The molecule has 0 bridgehead atoms. The van der Waals surface area contributed by atoms with E-state index in [0.29, 0.717) is 12.3 Å². The van der Waals surface area contributed by atoms with Crippen LogP contribution in [0.4, 0.5) is 4.39 Å². The van der Waals surface area contributed by atoms with Crippen molar-refractivity contribution in [3.63, 3.8) is 0 Å². The predicted molar refractivity (Wildman–Crippen MR) is 76.9 cm³/mol. The second-order valence-electron chi connectivity index (χ2n) is 6.10. The summed E-state index contributed by atoms with van der Waals surface area (Å²) < 4.78 is 13.7. The summed E-state index contributed by atoms with van der Waals surface area (Å²) in [6.45, 7) is 4.64. The van der Waals surface area contributed by atoms with Crippen LogP contribution in [0, 0.1) is 23.6 Å². The molecule has 1 aliphatic rings. The fourth-order valence-corrected chi connectivity index (χ4v) is 3.22. The summed E-state index contributed by atoms with van der Waals surface area (Å²) in [5.74, 6) is 7.66. The van der Waals surface area contributed by atoms with Crippen LogP contribution < -0.4 is 11.3 Å². The Hall–Kier alpha value is -0.930. The minimum Gasteiger partial charge on any atom is -0.271 e. The fourth-order valence-electron chi connectivity index (χ4n) is 3.22. The Labute approximate surface area is 115 Å². The Kier molecular flexibility index (Phi) is 4.94. The number of nitrogens with two attached hydrogens (primary N) is 1. The van der Waals surface area contributed by atoms with Crippen molar-refractivity contribution < 1.29 is 4.39 Å². The van der Waals surface area contributed by atoms with Crippen LogP contribution in [-0.2, 0) is 6.42 Å². The van der Waals surface area contributed by atoms with Gasteiger partial charge in [0.15, 0.2) is 0 Å². The van der Waals surface area contributed by atoms with E-state index in [1.807, 2.05) is 12.1 Å². The highest BCUT2D eigenvalue weighted by molar-refractivity contribution is 5.18. The molecule has 1 aromatic rings. The summed E-state index contributed by atoms with van der Waals surface area (Å²) in [5, 5.41) is 0. The molecule has 106 valence electrons. The Morgan fingerprint density at radius 2 is 2.00 bits per heavy atom. The number of hydrogen-bond donors (Lipinski definition) is 2. The van der Waals surface area contributed by atoms with Gasteiger partial charge in [0.1, 0.15) is 5.82 Å². The summed E-state index contributed by atoms with van der Waals surface area (Å²) in [6, 6.07) is 7.17. The first kappa shape index (κ1) is 14.5. The monoisotopic (exact) mass is 264 g/mol. The van der Waals surface area contributed by atoms with Crippen LogP contribution in [0.1, 0.15) is 38.7 Å². The van der Waals surface area contributed by atoms with Crippen LogP contribution in [0.2, 0.25) is 0 Å². The molecule has 0 spiro atoms. The minimum atomic E-state index is -0.125. The molecule has 1 fully saturated rings. The van der Waals surface area contributed by atoms with Crippen LogP contribution in [-0.4, -0.2) is 6.04 Å². The van der Waals surface area contributed by atoms with Crippen molar-refractivity contribution in [1.29, 1.82) is 0 Å². The van der Waals surface area contributed by atoms with Gasteiger partial charge in [-0.25, -0.2) is 4.39 Å². The molecule has 4 atom stereocenters. The smallest absolute Gasteiger partial charge is 0.126 e. The van der Waals surface area contributed by atoms with Crippen molar-refractivity contribution in [1.82, 2.24) is 5.43 Å². The molecule has 1 aromatic carbocycles. The van der Waals surface area contributed by atoms with Crippen LogP contribution in [0.3, 0.4) is 0 Å². The van der Waals surface area contributed by atoms with Gasteiger partial charge in [0, 0.05) is 6.04 Å². The molecule has 0 aromatic heterocycles. The number of hydrogen-bond acceptors (Lipinski definition) is 2. The summed E-state index contributed by atoms with van der Waals surface area (Å²) in [5.41, 5.74) is 3.68. The number of nitrogens with one attached hydrogen (secondary N) is 1. The lowest BCUT2D eigenvalue weighted by Crippen LogP contribution is -2.44. The molecular weight excluding hydrogens is 239 g/mol. The quantitative estimate of drug-likeness (QED) is 0.647. The SMILES string of the molecule is CC1CCC(C(Cc2ccccc2F)NN)CC1C. The molecule has 0 saturated heterocycles. The molecule has 0 heterocycles. The molecule has 0 radical (unpaired) electrons. The third kappa shape index (κ3) is 3.54. The lowest BCUT2D eigenvalue weighted by Gasteiger charge is -2.36. The van der Waals surface area contributed by atoms with Gasteiger partial charge in [0.25, 0.3) is 0 Å². The van der Waals surface area contributed by atoms with E-state index in [0.717, 1.165) is 17.4 Å². The fraction of sp³-hybridized carbons (Fsp3) is 0.625. The molecule has 0 aliphatic heterocycles. The maximum Gasteiger partial charge on any atom is 0.126 e. The standard InChI is InChI=1S/C16H25FN2/c1-11-7-8-14(9-12(11)2)16(19-18)10-13-5-3-4-6-15(13)17/h3-6,11-12,14,16,19H,7-10,18H2,1-2H3. The summed E-state index contributed by atoms with van der Waals surface area (Å²) in [4.78, 5) is 0.